The minimum absolute atomic E-state index is 0. The first-order valence-corrected chi connectivity index (χ1v) is 8.63. The number of hydrogen-bond donors (Lipinski definition) is 2. The van der Waals surface area contributed by atoms with E-state index in [0.717, 1.165) is 31.5 Å². The predicted octanol–water partition coefficient (Wildman–Crippen LogP) is 3.37. The maximum Gasteiger partial charge on any atom is 0.253 e. The van der Waals surface area contributed by atoms with E-state index in [9.17, 15) is 9.59 Å². The summed E-state index contributed by atoms with van der Waals surface area (Å²) in [5.74, 6) is -0.0866. The summed E-state index contributed by atoms with van der Waals surface area (Å²) in [6, 6.07) is 16.3. The number of hydrogen-bond acceptors (Lipinski definition) is 3. The molecule has 1 saturated heterocycles. The highest BCUT2D eigenvalue weighted by Gasteiger charge is 2.19. The van der Waals surface area contributed by atoms with Crippen LogP contribution in [0, 0.1) is 0 Å². The van der Waals surface area contributed by atoms with Gasteiger partial charge in [-0.15, -0.1) is 12.4 Å². The molecule has 0 spiro atoms. The summed E-state index contributed by atoms with van der Waals surface area (Å²) in [6.07, 6.45) is 2.35. The van der Waals surface area contributed by atoms with Gasteiger partial charge in [0.1, 0.15) is 0 Å². The maximum absolute atomic E-state index is 12.3. The largest absolute Gasteiger partial charge is 0.339 e. The second kappa shape index (κ2) is 9.36. The summed E-state index contributed by atoms with van der Waals surface area (Å²) in [4.78, 5) is 26.3. The number of carbonyl (C=O) groups is 2. The summed E-state index contributed by atoms with van der Waals surface area (Å²) in [7, 11) is 0. The number of rotatable bonds is 5. The zero-order chi connectivity index (χ0) is 17.6. The lowest BCUT2D eigenvalue weighted by atomic mass is 10.0. The van der Waals surface area contributed by atoms with E-state index in [1.807, 2.05) is 35.2 Å². The van der Waals surface area contributed by atoms with Gasteiger partial charge in [0, 0.05) is 36.8 Å². The van der Waals surface area contributed by atoms with Gasteiger partial charge in [-0.05, 0) is 42.7 Å². The molecule has 3 N–H and O–H groups in total. The molecule has 2 aromatic carbocycles. The van der Waals surface area contributed by atoms with Crippen molar-refractivity contribution in [2.24, 2.45) is 5.73 Å². The normalized spacial score (nSPS) is 14.4. The van der Waals surface area contributed by atoms with Gasteiger partial charge in [0.05, 0.1) is 0 Å². The highest BCUT2D eigenvalue weighted by Crippen LogP contribution is 2.17. The monoisotopic (exact) mass is 373 g/mol. The van der Waals surface area contributed by atoms with Gasteiger partial charge in [0.15, 0.2) is 0 Å². The van der Waals surface area contributed by atoms with Crippen LogP contribution in [0.15, 0.2) is 54.6 Å². The fourth-order valence-corrected chi connectivity index (χ4v) is 3.03. The van der Waals surface area contributed by atoms with Gasteiger partial charge in [-0.3, -0.25) is 9.59 Å². The van der Waals surface area contributed by atoms with Crippen LogP contribution in [-0.2, 0) is 4.79 Å². The molecule has 26 heavy (non-hydrogen) atoms. The van der Waals surface area contributed by atoms with E-state index in [0.29, 0.717) is 11.3 Å². The molecule has 2 amide bonds. The molecule has 1 heterocycles. The van der Waals surface area contributed by atoms with Crippen molar-refractivity contribution in [2.45, 2.75) is 25.3 Å². The number of halogens is 1. The van der Waals surface area contributed by atoms with Crippen LogP contribution in [0.4, 0.5) is 5.69 Å². The molecule has 138 valence electrons. The third-order valence-electron chi connectivity index (χ3n) is 4.44. The Labute approximate surface area is 160 Å². The zero-order valence-corrected chi connectivity index (χ0v) is 15.4. The average molecular weight is 374 g/mol. The van der Waals surface area contributed by atoms with Crippen molar-refractivity contribution in [3.05, 3.63) is 65.7 Å². The van der Waals surface area contributed by atoms with Crippen LogP contribution in [0.25, 0.3) is 0 Å². The van der Waals surface area contributed by atoms with Crippen LogP contribution in [-0.4, -0.2) is 29.8 Å². The molecule has 1 aliphatic heterocycles. The second-order valence-corrected chi connectivity index (χ2v) is 6.35. The fraction of sp³-hybridized carbons (Fsp3) is 0.300. The summed E-state index contributed by atoms with van der Waals surface area (Å²) in [6.45, 7) is 1.66. The molecule has 0 saturated carbocycles. The number of nitrogens with two attached hydrogens (primary N) is 1. The lowest BCUT2D eigenvalue weighted by Crippen LogP contribution is -2.27. The number of carbonyl (C=O) groups excluding carboxylic acids is 2. The molecule has 0 aromatic heterocycles. The molecule has 2 aromatic rings. The van der Waals surface area contributed by atoms with Crippen molar-refractivity contribution >= 4 is 29.9 Å². The quantitative estimate of drug-likeness (QED) is 0.843. The van der Waals surface area contributed by atoms with Crippen molar-refractivity contribution in [2.75, 3.05) is 18.4 Å². The molecule has 0 bridgehead atoms. The number of nitrogens with zero attached hydrogens (tertiary/aromatic N) is 1. The van der Waals surface area contributed by atoms with Gasteiger partial charge in [-0.1, -0.05) is 30.3 Å². The van der Waals surface area contributed by atoms with Gasteiger partial charge < -0.3 is 16.0 Å². The smallest absolute Gasteiger partial charge is 0.253 e. The number of nitrogens with one attached hydrogen (secondary N) is 1. The Balaban J connectivity index is 0.00000243. The third-order valence-corrected chi connectivity index (χ3v) is 4.44. The van der Waals surface area contributed by atoms with Crippen molar-refractivity contribution in [1.82, 2.24) is 4.90 Å². The van der Waals surface area contributed by atoms with Crippen LogP contribution in [0.3, 0.4) is 0 Å². The SMILES string of the molecule is Cl.NC(CC(=O)Nc1ccc(C(=O)N2CCCC2)cc1)c1ccccc1. The van der Waals surface area contributed by atoms with E-state index >= 15 is 0 Å². The fourth-order valence-electron chi connectivity index (χ4n) is 3.03. The molecule has 1 unspecified atom stereocenters. The number of anilines is 1. The van der Waals surface area contributed by atoms with Crippen molar-refractivity contribution in [1.29, 1.82) is 0 Å². The van der Waals surface area contributed by atoms with Crippen LogP contribution in [0.1, 0.15) is 41.2 Å². The van der Waals surface area contributed by atoms with Gasteiger partial charge in [-0.25, -0.2) is 0 Å². The number of benzene rings is 2. The van der Waals surface area contributed by atoms with E-state index in [1.54, 1.807) is 24.3 Å². The molecule has 0 aliphatic carbocycles. The average Bonchev–Trinajstić information content (AvgIpc) is 3.17. The summed E-state index contributed by atoms with van der Waals surface area (Å²) in [5.41, 5.74) is 8.33. The van der Waals surface area contributed by atoms with Gasteiger partial charge in [0.2, 0.25) is 5.91 Å². The molecule has 6 heteroatoms. The second-order valence-electron chi connectivity index (χ2n) is 6.35. The Morgan fingerprint density at radius 3 is 2.23 bits per heavy atom. The minimum Gasteiger partial charge on any atom is -0.339 e. The van der Waals surface area contributed by atoms with Crippen molar-refractivity contribution < 1.29 is 9.59 Å². The Bertz CT molecular complexity index is 728. The van der Waals surface area contributed by atoms with Gasteiger partial charge in [0.25, 0.3) is 5.91 Å². The first-order chi connectivity index (χ1) is 12.1. The number of likely N-dealkylation sites (tertiary alicyclic amines) is 1. The Kier molecular flexibility index (Phi) is 7.18. The first kappa shape index (κ1) is 19.9. The number of amides is 2. The Morgan fingerprint density at radius 2 is 1.62 bits per heavy atom. The lowest BCUT2D eigenvalue weighted by Gasteiger charge is -2.15. The Morgan fingerprint density at radius 1 is 1.00 bits per heavy atom. The van der Waals surface area contributed by atoms with Crippen LogP contribution < -0.4 is 11.1 Å². The van der Waals surface area contributed by atoms with Crippen LogP contribution >= 0.6 is 12.4 Å². The highest BCUT2D eigenvalue weighted by atomic mass is 35.5. The molecule has 1 fully saturated rings. The first-order valence-electron chi connectivity index (χ1n) is 8.63. The van der Waals surface area contributed by atoms with Crippen LogP contribution in [0.2, 0.25) is 0 Å². The molecule has 1 atom stereocenters. The van der Waals surface area contributed by atoms with Crippen LogP contribution in [0.5, 0.6) is 0 Å². The van der Waals surface area contributed by atoms with E-state index in [1.165, 1.54) is 0 Å². The molecule has 1 aliphatic rings. The summed E-state index contributed by atoms with van der Waals surface area (Å²) >= 11 is 0. The Hall–Kier alpha value is -2.37. The zero-order valence-electron chi connectivity index (χ0n) is 14.6. The lowest BCUT2D eigenvalue weighted by molar-refractivity contribution is -0.116. The summed E-state index contributed by atoms with van der Waals surface area (Å²) in [5, 5.41) is 2.83. The third kappa shape index (κ3) is 5.07. The molecule has 0 radical (unpaired) electrons. The van der Waals surface area contributed by atoms with Gasteiger partial charge >= 0.3 is 0 Å². The van der Waals surface area contributed by atoms with E-state index in [-0.39, 0.29) is 36.7 Å². The van der Waals surface area contributed by atoms with Crippen molar-refractivity contribution in [3.63, 3.8) is 0 Å². The van der Waals surface area contributed by atoms with E-state index in [4.69, 9.17) is 5.73 Å². The van der Waals surface area contributed by atoms with Gasteiger partial charge in [-0.2, -0.15) is 0 Å². The van der Waals surface area contributed by atoms with Crippen molar-refractivity contribution in [3.8, 4) is 0 Å². The predicted molar refractivity (Wildman–Crippen MR) is 105 cm³/mol. The molecular weight excluding hydrogens is 350 g/mol. The van der Waals surface area contributed by atoms with E-state index < -0.39 is 0 Å². The summed E-state index contributed by atoms with van der Waals surface area (Å²) < 4.78 is 0. The molecule has 3 rings (SSSR count). The topological polar surface area (TPSA) is 75.4 Å². The molecule has 5 nitrogen and oxygen atoms in total. The molecular formula is C20H24ClN3O2. The highest BCUT2D eigenvalue weighted by molar-refractivity contribution is 5.96. The van der Waals surface area contributed by atoms with E-state index in [2.05, 4.69) is 5.32 Å². The standard InChI is InChI=1S/C20H23N3O2.ClH/c21-18(15-6-2-1-3-7-15)14-19(24)22-17-10-8-16(9-11-17)20(25)23-12-4-5-13-23;/h1-3,6-11,18H,4-5,12-14,21H2,(H,22,24);1H. The minimum atomic E-state index is -0.336. The maximum atomic E-state index is 12.3.